The van der Waals surface area contributed by atoms with Gasteiger partial charge in [-0.05, 0) is 82.2 Å². The minimum Gasteiger partial charge on any atom is -0.444 e. The van der Waals surface area contributed by atoms with Crippen molar-refractivity contribution in [1.29, 1.82) is 0 Å². The van der Waals surface area contributed by atoms with E-state index in [1.807, 2.05) is 40.7 Å². The van der Waals surface area contributed by atoms with Crippen LogP contribution in [0, 0.1) is 5.41 Å². The van der Waals surface area contributed by atoms with Crippen LogP contribution in [0.15, 0.2) is 45.4 Å². The van der Waals surface area contributed by atoms with Crippen molar-refractivity contribution in [3.63, 3.8) is 0 Å². The topological polar surface area (TPSA) is 153 Å². The van der Waals surface area contributed by atoms with Gasteiger partial charge in [-0.15, -0.1) is 0 Å². The molecule has 2 N–H and O–H groups in total. The first-order chi connectivity index (χ1) is 21.7. The van der Waals surface area contributed by atoms with Crippen LogP contribution in [0.3, 0.4) is 0 Å². The highest BCUT2D eigenvalue weighted by Gasteiger charge is 2.43. The molecule has 256 valence electrons. The normalized spacial score (nSPS) is 20.3. The number of carbonyl (C=O) groups is 1. The fourth-order valence-electron chi connectivity index (χ4n) is 6.02. The van der Waals surface area contributed by atoms with Crippen LogP contribution in [-0.2, 0) is 33.2 Å². The lowest BCUT2D eigenvalue weighted by atomic mass is 9.77. The van der Waals surface area contributed by atoms with Crippen LogP contribution >= 0.6 is 0 Å². The summed E-state index contributed by atoms with van der Waals surface area (Å²) in [5.41, 5.74) is 0.632. The van der Waals surface area contributed by atoms with E-state index in [9.17, 15) is 18.0 Å². The van der Waals surface area contributed by atoms with Crippen LogP contribution in [0.5, 0.6) is 0 Å². The third-order valence-corrected chi connectivity index (χ3v) is 10.2. The Morgan fingerprint density at radius 1 is 1.19 bits per heavy atom. The number of nitrogens with zero attached hydrogens (tertiary/aromatic N) is 5. The van der Waals surface area contributed by atoms with Crippen molar-refractivity contribution in [2.45, 2.75) is 109 Å². The number of sulfonamides is 1. The largest absolute Gasteiger partial charge is 0.444 e. The highest BCUT2D eigenvalue weighted by atomic mass is 32.2. The maximum atomic E-state index is 14.3. The molecule has 1 aliphatic heterocycles. The van der Waals surface area contributed by atoms with Gasteiger partial charge in [0, 0.05) is 36.0 Å². The van der Waals surface area contributed by atoms with Gasteiger partial charge in [0.05, 0.1) is 34.6 Å². The summed E-state index contributed by atoms with van der Waals surface area (Å²) in [7, 11) is -0.826. The summed E-state index contributed by atoms with van der Waals surface area (Å²) in [6, 6.07) is 2.32. The number of fused-ring (bicyclic) bond motifs is 1. The summed E-state index contributed by atoms with van der Waals surface area (Å²) in [5.74, 6) is 0. The van der Waals surface area contributed by atoms with Crippen LogP contribution < -0.4 is 15.9 Å². The number of rotatable bonds is 7. The Labute approximate surface area is 275 Å². The first-order valence-electron chi connectivity index (χ1n) is 15.8. The van der Waals surface area contributed by atoms with Gasteiger partial charge in [0.2, 0.25) is 15.6 Å². The number of H-pyrrole nitrogens is 1. The zero-order chi connectivity index (χ0) is 34.7. The van der Waals surface area contributed by atoms with Crippen molar-refractivity contribution in [3.8, 4) is 0 Å². The zero-order valence-corrected chi connectivity index (χ0v) is 29.8. The smallest absolute Gasteiger partial charge is 0.411 e. The molecule has 0 spiro atoms. The van der Waals surface area contributed by atoms with Crippen LogP contribution in [0.4, 0.5) is 4.79 Å². The van der Waals surface area contributed by atoms with Crippen molar-refractivity contribution >= 4 is 32.6 Å². The standard InChI is InChI=1S/C33H47N7O6S/c1-20-13-22(14-26(31(2,3)4)40(20)30(42)46-32(5,6)7)24-15-23(47(43,44)37-33(8)11-12-33)16-25-27(24)35-29(36-45-10)39(28(25)41)19-21-17-34-38(9)18-21/h13,15-18,20,26,37H,11-12,14,19H2,1-10H3,(H,35,36)/t20-,26?/m1/s1. The minimum absolute atomic E-state index is 0.0154. The van der Waals surface area contributed by atoms with E-state index in [-0.39, 0.29) is 33.9 Å². The highest BCUT2D eigenvalue weighted by molar-refractivity contribution is 7.89. The van der Waals surface area contributed by atoms with Crippen molar-refractivity contribution in [1.82, 2.24) is 29.0 Å². The second kappa shape index (κ2) is 12.0. The summed E-state index contributed by atoms with van der Waals surface area (Å²) >= 11 is 0. The number of amides is 1. The molecule has 0 saturated heterocycles. The molecule has 1 fully saturated rings. The predicted octanol–water partition coefficient (Wildman–Crippen LogP) is 4.23. The highest BCUT2D eigenvalue weighted by Crippen LogP contribution is 2.41. The van der Waals surface area contributed by atoms with E-state index in [1.165, 1.54) is 17.7 Å². The molecule has 5 rings (SSSR count). The summed E-state index contributed by atoms with van der Waals surface area (Å²) in [6.07, 6.45) is 6.81. The molecular formula is C33H47N7O6S. The van der Waals surface area contributed by atoms with E-state index in [1.54, 1.807) is 35.1 Å². The first kappa shape index (κ1) is 34.4. The number of carbonyl (C=O) groups excluding carboxylic acids is 1. The Bertz CT molecular complexity index is 1970. The molecule has 47 heavy (non-hydrogen) atoms. The number of nitrogens with one attached hydrogen (secondary N) is 2. The van der Waals surface area contributed by atoms with E-state index >= 15 is 0 Å². The average Bonchev–Trinajstić information content (AvgIpc) is 3.51. The van der Waals surface area contributed by atoms with E-state index in [0.29, 0.717) is 17.5 Å². The van der Waals surface area contributed by atoms with Gasteiger partial charge in [0.15, 0.2) is 0 Å². The van der Waals surface area contributed by atoms with Gasteiger partial charge in [-0.3, -0.25) is 18.9 Å². The van der Waals surface area contributed by atoms with E-state index in [2.05, 4.69) is 40.7 Å². The Morgan fingerprint density at radius 3 is 2.43 bits per heavy atom. The molecule has 1 aromatic carbocycles. The van der Waals surface area contributed by atoms with Gasteiger partial charge in [-0.2, -0.15) is 5.10 Å². The SMILES string of the molecule is CO/N=c1\[nH]c2c(C3=C[C@@H](C)N(C(=O)OC(C)(C)C)C(C(C)(C)C)C3)cc(S(=O)(=O)NC3(C)CC3)cc2c(=O)n1Cc1cnn(C)c1. The second-order valence-electron chi connectivity index (χ2n) is 15.1. The fourth-order valence-corrected chi connectivity index (χ4v) is 7.54. The molecule has 1 saturated carbocycles. The van der Waals surface area contributed by atoms with Gasteiger partial charge in [0.25, 0.3) is 5.56 Å². The van der Waals surface area contributed by atoms with Crippen molar-refractivity contribution in [3.05, 3.63) is 57.7 Å². The average molecular weight is 670 g/mol. The quantitative estimate of drug-likeness (QED) is 0.357. The third-order valence-electron chi connectivity index (χ3n) is 8.63. The van der Waals surface area contributed by atoms with Crippen molar-refractivity contribution in [2.24, 2.45) is 17.6 Å². The van der Waals surface area contributed by atoms with Crippen LogP contribution in [-0.4, -0.2) is 69.1 Å². The van der Waals surface area contributed by atoms with Gasteiger partial charge in [0.1, 0.15) is 12.7 Å². The van der Waals surface area contributed by atoms with E-state index < -0.39 is 38.9 Å². The van der Waals surface area contributed by atoms with Crippen LogP contribution in [0.2, 0.25) is 0 Å². The molecule has 1 unspecified atom stereocenters. The van der Waals surface area contributed by atoms with Crippen LogP contribution in [0.25, 0.3) is 16.5 Å². The molecule has 3 heterocycles. The van der Waals surface area contributed by atoms with Crippen LogP contribution in [0.1, 0.15) is 85.8 Å². The maximum absolute atomic E-state index is 14.3. The van der Waals surface area contributed by atoms with Gasteiger partial charge in [-0.1, -0.05) is 26.8 Å². The lowest BCUT2D eigenvalue weighted by Crippen LogP contribution is -2.54. The number of hydrogen-bond donors (Lipinski definition) is 2. The predicted molar refractivity (Wildman–Crippen MR) is 179 cm³/mol. The molecule has 1 amide bonds. The second-order valence-corrected chi connectivity index (χ2v) is 16.8. The van der Waals surface area contributed by atoms with E-state index in [0.717, 1.165) is 24.0 Å². The molecule has 2 atom stereocenters. The molecule has 1 aliphatic carbocycles. The number of hydrogen-bond acceptors (Lipinski definition) is 8. The van der Waals surface area contributed by atoms with Gasteiger partial charge < -0.3 is 14.6 Å². The van der Waals surface area contributed by atoms with Gasteiger partial charge in [-0.25, -0.2) is 17.9 Å². The summed E-state index contributed by atoms with van der Waals surface area (Å²) < 4.78 is 39.3. The molecule has 2 aliphatic rings. The number of ether oxygens (including phenoxy) is 1. The number of aryl methyl sites for hydroxylation is 1. The number of aromatic amines is 1. The fraction of sp³-hybridized carbons (Fsp3) is 0.576. The molecule has 0 radical (unpaired) electrons. The molecule has 14 heteroatoms. The zero-order valence-electron chi connectivity index (χ0n) is 29.0. The lowest BCUT2D eigenvalue weighted by molar-refractivity contribution is -0.00495. The Balaban J connectivity index is 1.76. The first-order valence-corrected chi connectivity index (χ1v) is 17.3. The number of aromatic nitrogens is 4. The summed E-state index contributed by atoms with van der Waals surface area (Å²) in [5, 5.41) is 8.52. The van der Waals surface area contributed by atoms with Crippen molar-refractivity contribution in [2.75, 3.05) is 7.11 Å². The lowest BCUT2D eigenvalue weighted by Gasteiger charge is -2.46. The summed E-state index contributed by atoms with van der Waals surface area (Å²) in [6.45, 7) is 15.6. The maximum Gasteiger partial charge on any atom is 0.411 e. The monoisotopic (exact) mass is 669 g/mol. The molecule has 0 bridgehead atoms. The Morgan fingerprint density at radius 2 is 1.87 bits per heavy atom. The molecular weight excluding hydrogens is 622 g/mol. The Hall–Kier alpha value is -3.91. The molecule has 3 aromatic rings. The molecule has 13 nitrogen and oxygen atoms in total. The van der Waals surface area contributed by atoms with Gasteiger partial charge >= 0.3 is 6.09 Å². The third kappa shape index (κ3) is 7.33. The summed E-state index contributed by atoms with van der Waals surface area (Å²) in [4.78, 5) is 38.0. The van der Waals surface area contributed by atoms with Crippen molar-refractivity contribution < 1.29 is 22.8 Å². The van der Waals surface area contributed by atoms with E-state index in [4.69, 9.17) is 9.57 Å². The molecule has 2 aromatic heterocycles. The Kier molecular flexibility index (Phi) is 8.76. The number of benzene rings is 1. The minimum atomic E-state index is -4.00.